The summed E-state index contributed by atoms with van der Waals surface area (Å²) in [6, 6.07) is 10.1. The molecule has 0 aliphatic rings. The van der Waals surface area contributed by atoms with Gasteiger partial charge in [-0.2, -0.15) is 5.10 Å². The molecule has 0 amide bonds. The molecule has 0 fully saturated rings. The number of para-hydroxylation sites is 1. The van der Waals surface area contributed by atoms with Gasteiger partial charge in [0.1, 0.15) is 0 Å². The van der Waals surface area contributed by atoms with Gasteiger partial charge in [-0.05, 0) is 30.5 Å². The molecule has 3 heteroatoms. The van der Waals surface area contributed by atoms with E-state index in [1.54, 1.807) is 0 Å². The molecule has 0 saturated carbocycles. The van der Waals surface area contributed by atoms with E-state index in [0.29, 0.717) is 0 Å². The third-order valence-electron chi connectivity index (χ3n) is 3.01. The number of rotatable bonds is 4. The van der Waals surface area contributed by atoms with Crippen LogP contribution in [0.4, 0.5) is 5.69 Å². The van der Waals surface area contributed by atoms with Crippen molar-refractivity contribution in [2.45, 2.75) is 33.2 Å². The van der Waals surface area contributed by atoms with E-state index < -0.39 is 0 Å². The monoisotopic (exact) mass is 229 g/mol. The van der Waals surface area contributed by atoms with Gasteiger partial charge < -0.3 is 5.73 Å². The smallest absolute Gasteiger partial charge is 0.0682 e. The van der Waals surface area contributed by atoms with Crippen molar-refractivity contribution in [3.05, 3.63) is 47.3 Å². The molecular formula is C14H19N3. The highest BCUT2D eigenvalue weighted by atomic mass is 15.3. The molecule has 0 aliphatic heterocycles. The molecular weight excluding hydrogens is 210 g/mol. The van der Waals surface area contributed by atoms with Crippen molar-refractivity contribution in [3.8, 4) is 0 Å². The van der Waals surface area contributed by atoms with E-state index in [1.165, 1.54) is 5.69 Å². The lowest BCUT2D eigenvalue weighted by Crippen LogP contribution is -2.07. The van der Waals surface area contributed by atoms with E-state index in [1.807, 2.05) is 18.2 Å². The van der Waals surface area contributed by atoms with Crippen LogP contribution in [0.3, 0.4) is 0 Å². The van der Waals surface area contributed by atoms with Gasteiger partial charge in [0.25, 0.3) is 0 Å². The summed E-state index contributed by atoms with van der Waals surface area (Å²) in [4.78, 5) is 0. The van der Waals surface area contributed by atoms with E-state index in [2.05, 4.69) is 35.8 Å². The van der Waals surface area contributed by atoms with Crippen LogP contribution in [-0.2, 0) is 19.4 Å². The summed E-state index contributed by atoms with van der Waals surface area (Å²) < 4.78 is 2.06. The molecule has 0 aliphatic carbocycles. The second-order valence-electron chi connectivity index (χ2n) is 4.19. The Kier molecular flexibility index (Phi) is 3.47. The Morgan fingerprint density at radius 1 is 1.18 bits per heavy atom. The van der Waals surface area contributed by atoms with Gasteiger partial charge >= 0.3 is 0 Å². The third kappa shape index (κ3) is 2.49. The molecule has 90 valence electrons. The maximum Gasteiger partial charge on any atom is 0.0682 e. The zero-order valence-corrected chi connectivity index (χ0v) is 10.5. The topological polar surface area (TPSA) is 43.8 Å². The van der Waals surface area contributed by atoms with Crippen molar-refractivity contribution in [1.29, 1.82) is 0 Å². The number of nitrogens with two attached hydrogens (primary N) is 1. The van der Waals surface area contributed by atoms with E-state index >= 15 is 0 Å². The number of anilines is 1. The van der Waals surface area contributed by atoms with E-state index in [9.17, 15) is 0 Å². The van der Waals surface area contributed by atoms with Crippen LogP contribution in [0.2, 0.25) is 0 Å². The van der Waals surface area contributed by atoms with E-state index in [-0.39, 0.29) is 0 Å². The predicted molar refractivity (Wildman–Crippen MR) is 70.9 cm³/mol. The summed E-state index contributed by atoms with van der Waals surface area (Å²) >= 11 is 0. The highest BCUT2D eigenvalue weighted by Gasteiger charge is 2.07. The van der Waals surface area contributed by atoms with Crippen molar-refractivity contribution in [1.82, 2.24) is 9.78 Å². The van der Waals surface area contributed by atoms with Crippen molar-refractivity contribution < 1.29 is 0 Å². The zero-order valence-electron chi connectivity index (χ0n) is 10.5. The predicted octanol–water partition coefficient (Wildman–Crippen LogP) is 2.64. The summed E-state index contributed by atoms with van der Waals surface area (Å²) in [6.45, 7) is 5.04. The average Bonchev–Trinajstić information content (AvgIpc) is 2.74. The standard InChI is InChI=1S/C14H19N3/c1-3-12-9-13(4-2)17(16-12)10-11-7-5-6-8-14(11)15/h5-9H,3-4,10,15H2,1-2H3. The van der Waals surface area contributed by atoms with Crippen LogP contribution in [0.1, 0.15) is 30.8 Å². The lowest BCUT2D eigenvalue weighted by atomic mass is 10.2. The van der Waals surface area contributed by atoms with Crippen LogP contribution in [0.15, 0.2) is 30.3 Å². The minimum atomic E-state index is 0.760. The van der Waals surface area contributed by atoms with Crippen molar-refractivity contribution in [2.75, 3.05) is 5.73 Å². The van der Waals surface area contributed by atoms with Crippen LogP contribution in [0.5, 0.6) is 0 Å². The van der Waals surface area contributed by atoms with Gasteiger partial charge in [0.2, 0.25) is 0 Å². The lowest BCUT2D eigenvalue weighted by Gasteiger charge is -2.08. The summed E-state index contributed by atoms with van der Waals surface area (Å²) in [5.74, 6) is 0. The molecule has 2 aromatic rings. The quantitative estimate of drug-likeness (QED) is 0.819. The number of hydrogen-bond donors (Lipinski definition) is 1. The fraction of sp³-hybridized carbons (Fsp3) is 0.357. The highest BCUT2D eigenvalue weighted by Crippen LogP contribution is 2.14. The van der Waals surface area contributed by atoms with Crippen molar-refractivity contribution >= 4 is 5.69 Å². The zero-order chi connectivity index (χ0) is 12.3. The van der Waals surface area contributed by atoms with Gasteiger partial charge in [0.15, 0.2) is 0 Å². The third-order valence-corrected chi connectivity index (χ3v) is 3.01. The molecule has 0 unspecified atom stereocenters. The average molecular weight is 229 g/mol. The highest BCUT2D eigenvalue weighted by molar-refractivity contribution is 5.46. The van der Waals surface area contributed by atoms with E-state index in [0.717, 1.165) is 36.3 Å². The first kappa shape index (κ1) is 11.7. The van der Waals surface area contributed by atoms with Gasteiger partial charge in [0.05, 0.1) is 12.2 Å². The second-order valence-corrected chi connectivity index (χ2v) is 4.19. The molecule has 0 spiro atoms. The summed E-state index contributed by atoms with van der Waals surface area (Å²) in [5, 5.41) is 4.60. The number of nitrogens with zero attached hydrogens (tertiary/aromatic N) is 2. The molecule has 2 rings (SSSR count). The van der Waals surface area contributed by atoms with Gasteiger partial charge in [-0.3, -0.25) is 4.68 Å². The maximum absolute atomic E-state index is 5.96. The fourth-order valence-electron chi connectivity index (χ4n) is 1.95. The Labute approximate surface area is 102 Å². The number of aryl methyl sites for hydroxylation is 2. The van der Waals surface area contributed by atoms with Crippen molar-refractivity contribution in [3.63, 3.8) is 0 Å². The van der Waals surface area contributed by atoms with Crippen molar-refractivity contribution in [2.24, 2.45) is 0 Å². The number of nitrogen functional groups attached to an aromatic ring is 1. The van der Waals surface area contributed by atoms with Crippen LogP contribution >= 0.6 is 0 Å². The van der Waals surface area contributed by atoms with Gasteiger partial charge in [-0.1, -0.05) is 32.0 Å². The molecule has 1 aromatic carbocycles. The molecule has 17 heavy (non-hydrogen) atoms. The Hall–Kier alpha value is -1.77. The molecule has 0 saturated heterocycles. The van der Waals surface area contributed by atoms with Crippen LogP contribution < -0.4 is 5.73 Å². The summed E-state index contributed by atoms with van der Waals surface area (Å²) in [5.41, 5.74) is 10.3. The first-order valence-electron chi connectivity index (χ1n) is 6.13. The van der Waals surface area contributed by atoms with Gasteiger partial charge in [0, 0.05) is 11.4 Å². The Morgan fingerprint density at radius 2 is 1.94 bits per heavy atom. The van der Waals surface area contributed by atoms with E-state index in [4.69, 9.17) is 5.73 Å². The summed E-state index contributed by atoms with van der Waals surface area (Å²) in [6.07, 6.45) is 1.98. The molecule has 2 N–H and O–H groups in total. The number of hydrogen-bond acceptors (Lipinski definition) is 2. The lowest BCUT2D eigenvalue weighted by molar-refractivity contribution is 0.641. The summed E-state index contributed by atoms with van der Waals surface area (Å²) in [7, 11) is 0. The van der Waals surface area contributed by atoms with Crippen LogP contribution in [0, 0.1) is 0 Å². The molecule has 0 bridgehead atoms. The normalized spacial score (nSPS) is 10.7. The fourth-order valence-corrected chi connectivity index (χ4v) is 1.95. The largest absolute Gasteiger partial charge is 0.398 e. The second kappa shape index (κ2) is 5.04. The number of aromatic nitrogens is 2. The number of benzene rings is 1. The SMILES string of the molecule is CCc1cc(CC)n(Cc2ccccc2N)n1. The first-order chi connectivity index (χ1) is 8.24. The Balaban J connectivity index is 2.29. The Bertz CT molecular complexity index is 500. The van der Waals surface area contributed by atoms with Crippen LogP contribution in [-0.4, -0.2) is 9.78 Å². The molecule has 1 aromatic heterocycles. The Morgan fingerprint density at radius 3 is 2.59 bits per heavy atom. The molecule has 1 heterocycles. The maximum atomic E-state index is 5.96. The van der Waals surface area contributed by atoms with Gasteiger partial charge in [-0.15, -0.1) is 0 Å². The molecule has 3 nitrogen and oxygen atoms in total. The van der Waals surface area contributed by atoms with Gasteiger partial charge in [-0.25, -0.2) is 0 Å². The van der Waals surface area contributed by atoms with Crippen LogP contribution in [0.25, 0.3) is 0 Å². The molecule has 0 radical (unpaired) electrons. The molecule has 0 atom stereocenters. The first-order valence-corrected chi connectivity index (χ1v) is 6.13. The minimum Gasteiger partial charge on any atom is -0.398 e. The minimum absolute atomic E-state index is 0.760.